The molecule has 0 saturated heterocycles. The number of aryl methyl sites for hydroxylation is 2. The normalized spacial score (nSPS) is 12.7. The molecule has 3 aromatic heterocycles. The Bertz CT molecular complexity index is 1430. The lowest BCUT2D eigenvalue weighted by atomic mass is 10.1. The highest BCUT2D eigenvalue weighted by molar-refractivity contribution is 5.94. The number of nitrogens with two attached hydrogens (primary N) is 1. The Balaban J connectivity index is 1.69. The van der Waals surface area contributed by atoms with Crippen LogP contribution in [0.2, 0.25) is 0 Å². The molecule has 1 unspecified atom stereocenters. The molecule has 0 aliphatic rings. The van der Waals surface area contributed by atoms with Crippen molar-refractivity contribution < 1.29 is 29.6 Å². The van der Waals surface area contributed by atoms with Gasteiger partial charge in [-0.3, -0.25) is 9.20 Å². The van der Waals surface area contributed by atoms with Crippen LogP contribution in [0.4, 0.5) is 16.0 Å². The van der Waals surface area contributed by atoms with Gasteiger partial charge in [0.25, 0.3) is 5.91 Å². The fourth-order valence-electron chi connectivity index (χ4n) is 3.76. The van der Waals surface area contributed by atoms with Crippen molar-refractivity contribution in [3.8, 4) is 11.3 Å². The van der Waals surface area contributed by atoms with Crippen LogP contribution in [0.1, 0.15) is 34.3 Å². The number of imidazole rings is 1. The number of carbonyl (C=O) groups is 1. The highest BCUT2D eigenvalue weighted by Gasteiger charge is 2.32. The number of nitrogens with zero attached hydrogens (tertiary/aromatic N) is 4. The van der Waals surface area contributed by atoms with Gasteiger partial charge in [0.15, 0.2) is 6.10 Å². The van der Waals surface area contributed by atoms with Crippen molar-refractivity contribution in [3.05, 3.63) is 70.9 Å². The summed E-state index contributed by atoms with van der Waals surface area (Å²) in [7, 11) is 0. The lowest BCUT2D eigenvalue weighted by Gasteiger charge is -2.13. The average Bonchev–Trinajstić information content (AvgIpc) is 3.23. The number of halogens is 1. The molecule has 1 aromatic carbocycles. The summed E-state index contributed by atoms with van der Waals surface area (Å²) in [6.07, 6.45) is 1.23. The summed E-state index contributed by atoms with van der Waals surface area (Å²) in [4.78, 5) is 25.0. The third-order valence-corrected chi connectivity index (χ3v) is 5.45. The second-order valence-corrected chi connectivity index (χ2v) is 8.04. The zero-order chi connectivity index (χ0) is 25.5. The van der Waals surface area contributed by atoms with E-state index in [2.05, 4.69) is 20.3 Å². The average molecular weight is 482 g/mol. The van der Waals surface area contributed by atoms with E-state index in [-0.39, 0.29) is 28.4 Å². The van der Waals surface area contributed by atoms with Crippen LogP contribution >= 0.6 is 0 Å². The Morgan fingerprint density at radius 3 is 2.60 bits per heavy atom. The van der Waals surface area contributed by atoms with Crippen LogP contribution in [-0.4, -0.2) is 45.7 Å². The Hall–Kier alpha value is -3.97. The molecule has 0 aliphatic heterocycles. The van der Waals surface area contributed by atoms with Crippen molar-refractivity contribution >= 4 is 23.1 Å². The van der Waals surface area contributed by atoms with Crippen LogP contribution in [0.15, 0.2) is 42.7 Å². The van der Waals surface area contributed by atoms with Crippen LogP contribution in [0.5, 0.6) is 0 Å². The Morgan fingerprint density at radius 1 is 1.20 bits per heavy atom. The molecular weight excluding hydrogens is 459 g/mol. The number of amides is 1. The molecule has 12 heteroatoms. The second-order valence-electron chi connectivity index (χ2n) is 8.04. The first-order valence-corrected chi connectivity index (χ1v) is 10.4. The number of nitrogen functional groups attached to an aromatic ring is 1. The van der Waals surface area contributed by atoms with Gasteiger partial charge >= 0.3 is 5.97 Å². The molecule has 4 aromatic rings. The van der Waals surface area contributed by atoms with E-state index in [0.29, 0.717) is 22.4 Å². The van der Waals surface area contributed by atoms with Crippen LogP contribution in [0.25, 0.3) is 16.8 Å². The molecule has 4 rings (SSSR count). The van der Waals surface area contributed by atoms with Gasteiger partial charge in [-0.15, -0.1) is 0 Å². The third-order valence-electron chi connectivity index (χ3n) is 5.45. The fraction of sp³-hybridized carbons (Fsp3) is 0.217. The van der Waals surface area contributed by atoms with Crippen molar-refractivity contribution in [3.63, 3.8) is 0 Å². The maximum atomic E-state index is 12.9. The number of alkyl halides is 1. The van der Waals surface area contributed by atoms with Crippen LogP contribution in [0.3, 0.4) is 0 Å². The molecule has 0 radical (unpaired) electrons. The van der Waals surface area contributed by atoms with Crippen molar-refractivity contribution in [2.45, 2.75) is 32.6 Å². The SMILES string of the molecule is Cc1cc(NC(=O)C(O)c2cccc(CF)c2)ncc1-c1nc(C(O)(O)O)n2c(C)cnc(N)c12. The van der Waals surface area contributed by atoms with E-state index in [1.54, 1.807) is 26.0 Å². The Kier molecular flexibility index (Phi) is 6.21. The van der Waals surface area contributed by atoms with Crippen LogP contribution in [-0.2, 0) is 17.4 Å². The molecule has 0 aliphatic carbocycles. The van der Waals surface area contributed by atoms with Crippen molar-refractivity contribution in [2.24, 2.45) is 0 Å². The molecule has 0 spiro atoms. The van der Waals surface area contributed by atoms with Gasteiger partial charge in [0.05, 0.1) is 0 Å². The summed E-state index contributed by atoms with van der Waals surface area (Å²) in [6, 6.07) is 7.52. The predicted molar refractivity (Wildman–Crippen MR) is 123 cm³/mol. The number of nitrogens with one attached hydrogen (secondary N) is 1. The van der Waals surface area contributed by atoms with Crippen molar-refractivity contribution in [1.29, 1.82) is 0 Å². The number of carbonyl (C=O) groups excluding carboxylic acids is 1. The third kappa shape index (κ3) is 4.55. The summed E-state index contributed by atoms with van der Waals surface area (Å²) in [5.41, 5.74) is 8.43. The molecule has 7 N–H and O–H groups in total. The monoisotopic (exact) mass is 482 g/mol. The standard InChI is InChI=1S/C23H23FN6O5/c1-11-6-16(28-21(32)19(31)14-5-3-4-13(7-14)8-24)26-10-15(11)17-18-20(25)27-9-12(2)30(18)22(29-17)23(33,34)35/h3-7,9-10,19,31,33-35H,8H2,1-2H3,(H2,25,27)(H,26,28,32). The molecule has 0 saturated carbocycles. The number of hydrogen-bond donors (Lipinski definition) is 6. The van der Waals surface area contributed by atoms with Gasteiger partial charge in [0.1, 0.15) is 29.5 Å². The number of hydrogen-bond acceptors (Lipinski definition) is 9. The second kappa shape index (κ2) is 9.00. The maximum absolute atomic E-state index is 12.9. The van der Waals surface area contributed by atoms with Gasteiger partial charge in [-0.1, -0.05) is 24.3 Å². The molecule has 1 amide bonds. The Morgan fingerprint density at radius 2 is 1.94 bits per heavy atom. The topological polar surface area (TPSA) is 179 Å². The van der Waals surface area contributed by atoms with E-state index in [1.807, 2.05) is 0 Å². The molecule has 182 valence electrons. The summed E-state index contributed by atoms with van der Waals surface area (Å²) >= 11 is 0. The van der Waals surface area contributed by atoms with Gasteiger partial charge < -0.3 is 31.5 Å². The Labute approximate surface area is 198 Å². The van der Waals surface area contributed by atoms with E-state index in [4.69, 9.17) is 5.73 Å². The van der Waals surface area contributed by atoms with Gasteiger partial charge in [-0.05, 0) is 36.6 Å². The molecule has 11 nitrogen and oxygen atoms in total. The summed E-state index contributed by atoms with van der Waals surface area (Å²) in [5.74, 6) is -4.33. The zero-order valence-corrected chi connectivity index (χ0v) is 18.8. The van der Waals surface area contributed by atoms with E-state index in [1.165, 1.54) is 35.0 Å². The molecule has 0 fully saturated rings. The zero-order valence-electron chi connectivity index (χ0n) is 18.8. The first-order chi connectivity index (χ1) is 16.5. The summed E-state index contributed by atoms with van der Waals surface area (Å²) in [5, 5.41) is 42.3. The molecule has 35 heavy (non-hydrogen) atoms. The number of fused-ring (bicyclic) bond motifs is 1. The quantitative estimate of drug-likeness (QED) is 0.220. The lowest BCUT2D eigenvalue weighted by Crippen LogP contribution is -2.27. The molecular formula is C23H23FN6O5. The first kappa shape index (κ1) is 24.2. The van der Waals surface area contributed by atoms with Gasteiger partial charge in [0.2, 0.25) is 5.82 Å². The highest BCUT2D eigenvalue weighted by Crippen LogP contribution is 2.33. The molecule has 0 bridgehead atoms. The lowest BCUT2D eigenvalue weighted by molar-refractivity contribution is -0.329. The number of pyridine rings is 1. The minimum atomic E-state index is -3.25. The van der Waals surface area contributed by atoms with Gasteiger partial charge in [-0.25, -0.2) is 19.3 Å². The number of aliphatic hydroxyl groups excluding tert-OH is 1. The molecule has 1 atom stereocenters. The van der Waals surface area contributed by atoms with E-state index in [9.17, 15) is 29.6 Å². The maximum Gasteiger partial charge on any atom is 0.339 e. The minimum absolute atomic E-state index is 0.0315. The van der Waals surface area contributed by atoms with Crippen LogP contribution < -0.4 is 11.1 Å². The van der Waals surface area contributed by atoms with E-state index >= 15 is 0 Å². The number of aromatic nitrogens is 4. The number of aliphatic hydroxyl groups is 4. The van der Waals surface area contributed by atoms with Gasteiger partial charge in [-0.2, -0.15) is 0 Å². The van der Waals surface area contributed by atoms with E-state index in [0.717, 1.165) is 0 Å². The fourth-order valence-corrected chi connectivity index (χ4v) is 3.76. The van der Waals surface area contributed by atoms with Crippen LogP contribution in [0, 0.1) is 13.8 Å². The minimum Gasteiger partial charge on any atom is -0.382 e. The largest absolute Gasteiger partial charge is 0.382 e. The van der Waals surface area contributed by atoms with Crippen molar-refractivity contribution in [1.82, 2.24) is 19.4 Å². The number of rotatable bonds is 6. The number of anilines is 2. The molecule has 3 heterocycles. The summed E-state index contributed by atoms with van der Waals surface area (Å²) < 4.78 is 14.2. The smallest absolute Gasteiger partial charge is 0.339 e. The first-order valence-electron chi connectivity index (χ1n) is 10.4. The number of benzene rings is 1. The highest BCUT2D eigenvalue weighted by atomic mass is 19.1. The van der Waals surface area contributed by atoms with Crippen molar-refractivity contribution in [2.75, 3.05) is 11.1 Å². The van der Waals surface area contributed by atoms with Gasteiger partial charge in [0, 0.05) is 23.7 Å². The summed E-state index contributed by atoms with van der Waals surface area (Å²) in [6.45, 7) is 2.60. The van der Waals surface area contributed by atoms with E-state index < -0.39 is 30.5 Å². The predicted octanol–water partition coefficient (Wildman–Crippen LogP) is 1.22.